The predicted molar refractivity (Wildman–Crippen MR) is 187 cm³/mol. The van der Waals surface area contributed by atoms with E-state index < -0.39 is 0 Å². The average Bonchev–Trinajstić information content (AvgIpc) is 3.57. The minimum absolute atomic E-state index is 0. The van der Waals surface area contributed by atoms with Gasteiger partial charge < -0.3 is 9.30 Å². The van der Waals surface area contributed by atoms with Crippen molar-refractivity contribution in [2.75, 3.05) is 0 Å². The molecule has 3 heterocycles. The smallest absolute Gasteiger partial charge is 0.509 e. The van der Waals surface area contributed by atoms with Crippen LogP contribution in [0.1, 0.15) is 56.6 Å². The quantitative estimate of drug-likeness (QED) is 0.144. The molecule has 4 aromatic carbocycles. The number of fused-ring (bicyclic) bond motifs is 3. The summed E-state index contributed by atoms with van der Waals surface area (Å²) in [6, 6.07) is 38.5. The monoisotopic (exact) mass is 797 g/mol. The first kappa shape index (κ1) is 32.5. The molecule has 0 saturated heterocycles. The summed E-state index contributed by atoms with van der Waals surface area (Å²) in [6.45, 7) is 13.2. The Labute approximate surface area is 291 Å². The number of benzene rings is 4. The molecule has 0 aliphatic rings. The molecule has 0 bridgehead atoms. The molecule has 0 fully saturated rings. The zero-order chi connectivity index (χ0) is 32.0. The van der Waals surface area contributed by atoms with Gasteiger partial charge in [0.05, 0.1) is 5.69 Å². The fraction of sp³-hybridized carbons (Fsp3) is 0.220. The molecule has 0 radical (unpaired) electrons. The van der Waals surface area contributed by atoms with Gasteiger partial charge in [-0.25, -0.2) is 4.98 Å². The van der Waals surface area contributed by atoms with E-state index in [0.717, 1.165) is 63.3 Å². The van der Waals surface area contributed by atoms with Crippen molar-refractivity contribution in [2.24, 2.45) is 0 Å². The van der Waals surface area contributed by atoms with Crippen molar-refractivity contribution in [3.05, 3.63) is 132 Å². The Balaban J connectivity index is 0.00000386. The topological polar surface area (TPSA) is 44.9 Å². The molecule has 7 aromatic rings. The van der Waals surface area contributed by atoms with Gasteiger partial charge in [0, 0.05) is 34.5 Å². The Kier molecular flexibility index (Phi) is 8.96. The van der Waals surface area contributed by atoms with Crippen LogP contribution >= 0.6 is 0 Å². The van der Waals surface area contributed by atoms with Crippen molar-refractivity contribution in [1.29, 1.82) is 0 Å². The molecule has 0 aliphatic heterocycles. The minimum Gasteiger partial charge on any atom is -0.509 e. The first-order valence-corrected chi connectivity index (χ1v) is 16.1. The van der Waals surface area contributed by atoms with Gasteiger partial charge in [0.2, 0.25) is 0 Å². The van der Waals surface area contributed by atoms with E-state index in [9.17, 15) is 0 Å². The van der Waals surface area contributed by atoms with Crippen molar-refractivity contribution < 1.29 is 25.8 Å². The maximum Gasteiger partial charge on any atom is 2.00 e. The minimum atomic E-state index is 0. The van der Waals surface area contributed by atoms with Crippen LogP contribution in [0.3, 0.4) is 0 Å². The molecule has 47 heavy (non-hydrogen) atoms. The summed E-state index contributed by atoms with van der Waals surface area (Å²) >= 11 is 0. The van der Waals surface area contributed by atoms with Crippen LogP contribution < -0.4 is 4.74 Å². The van der Waals surface area contributed by atoms with Crippen LogP contribution in [0.15, 0.2) is 97.2 Å². The summed E-state index contributed by atoms with van der Waals surface area (Å²) in [5.74, 6) is 2.09. The Morgan fingerprint density at radius 3 is 2.36 bits per heavy atom. The van der Waals surface area contributed by atoms with Gasteiger partial charge in [0.15, 0.2) is 0 Å². The van der Waals surface area contributed by atoms with Crippen molar-refractivity contribution in [3.8, 4) is 34.1 Å². The molecule has 0 spiro atoms. The maximum absolute atomic E-state index is 6.45. The molecule has 0 aliphatic carbocycles. The third-order valence-electron chi connectivity index (χ3n) is 9.32. The largest absolute Gasteiger partial charge is 2.00 e. The van der Waals surface area contributed by atoms with Crippen molar-refractivity contribution in [3.63, 3.8) is 0 Å². The number of ether oxygens (including phenoxy) is 1. The van der Waals surface area contributed by atoms with Gasteiger partial charge in [0.1, 0.15) is 5.82 Å². The second kappa shape index (κ2) is 13.0. The van der Waals surface area contributed by atoms with Gasteiger partial charge in [-0.3, -0.25) is 4.68 Å². The number of aromatic nitrogens is 4. The zero-order valence-corrected chi connectivity index (χ0v) is 29.9. The van der Waals surface area contributed by atoms with Gasteiger partial charge in [-0.1, -0.05) is 75.7 Å². The Morgan fingerprint density at radius 1 is 0.809 bits per heavy atom. The fourth-order valence-electron chi connectivity index (χ4n) is 6.29. The van der Waals surface area contributed by atoms with Crippen LogP contribution in [0.5, 0.6) is 11.5 Å². The Hall–Kier alpha value is -4.47. The molecule has 5 nitrogen and oxygen atoms in total. The van der Waals surface area contributed by atoms with Gasteiger partial charge in [-0.2, -0.15) is 17.2 Å². The molecular formula is C41H38N4OPt. The predicted octanol–water partition coefficient (Wildman–Crippen LogP) is 10.3. The van der Waals surface area contributed by atoms with Crippen molar-refractivity contribution in [1.82, 2.24) is 19.3 Å². The van der Waals surface area contributed by atoms with Gasteiger partial charge in [-0.05, 0) is 78.1 Å². The summed E-state index contributed by atoms with van der Waals surface area (Å²) in [5.41, 5.74) is 9.81. The second-order valence-electron chi connectivity index (χ2n) is 12.6. The van der Waals surface area contributed by atoms with Crippen LogP contribution in [0.4, 0.5) is 0 Å². The summed E-state index contributed by atoms with van der Waals surface area (Å²) in [6.07, 6.45) is 3.89. The second-order valence-corrected chi connectivity index (χ2v) is 12.6. The van der Waals surface area contributed by atoms with E-state index in [-0.39, 0.29) is 26.5 Å². The number of nitrogens with zero attached hydrogens (tertiary/aromatic N) is 4. The van der Waals surface area contributed by atoms with Gasteiger partial charge >= 0.3 is 21.1 Å². The van der Waals surface area contributed by atoms with E-state index in [1.165, 1.54) is 16.5 Å². The molecule has 0 atom stereocenters. The summed E-state index contributed by atoms with van der Waals surface area (Å²) in [4.78, 5) is 4.80. The molecule has 0 N–H and O–H groups in total. The average molecular weight is 798 g/mol. The number of pyridine rings is 1. The standard InChI is InChI=1S/C41H38N4O.Pt/c1-7-29-21-22-42-39(23-29)44-37-20-17-31(41(5,6)8-2)24-36(37)35-19-18-34(26-38(35)44)46-33-16-12-15-32(25-33)45-28(4)40(27(3)43-45)30-13-10-9-11-14-30;/h9-24H,7-8H2,1-6H3;/q-2;+2. The van der Waals surface area contributed by atoms with Crippen LogP contribution in [-0.2, 0) is 32.9 Å². The number of aryl methyl sites for hydroxylation is 2. The number of hydrogen-bond donors (Lipinski definition) is 0. The molecule has 0 saturated carbocycles. The molecule has 6 heteroatoms. The van der Waals surface area contributed by atoms with E-state index in [1.54, 1.807) is 0 Å². The van der Waals surface area contributed by atoms with Gasteiger partial charge in [0.25, 0.3) is 0 Å². The summed E-state index contributed by atoms with van der Waals surface area (Å²) in [7, 11) is 0. The van der Waals surface area contributed by atoms with Crippen LogP contribution in [0, 0.1) is 26.0 Å². The third kappa shape index (κ3) is 5.94. The zero-order valence-electron chi connectivity index (χ0n) is 27.7. The van der Waals surface area contributed by atoms with Gasteiger partial charge in [-0.15, -0.1) is 35.7 Å². The van der Waals surface area contributed by atoms with Crippen molar-refractivity contribution in [2.45, 2.75) is 59.8 Å². The molecular weight excluding hydrogens is 760 g/mol. The molecule has 238 valence electrons. The maximum atomic E-state index is 6.45. The number of rotatable bonds is 8. The van der Waals surface area contributed by atoms with E-state index >= 15 is 0 Å². The normalized spacial score (nSPS) is 11.6. The molecule has 3 aromatic heterocycles. The number of hydrogen-bond acceptors (Lipinski definition) is 3. The fourth-order valence-corrected chi connectivity index (χ4v) is 6.29. The molecule has 0 unspecified atom stereocenters. The Bertz CT molecular complexity index is 2210. The van der Waals surface area contributed by atoms with E-state index in [1.807, 2.05) is 48.1 Å². The SMILES string of the molecule is CCc1ccnc(-n2c3[c-]c(Oc4[c-]c(-n5nc(C)c(-c6ccccc6)c5C)ccc4)ccc3c3cc(C(C)(C)CC)ccc32)c1.[Pt+2]. The summed E-state index contributed by atoms with van der Waals surface area (Å²) < 4.78 is 10.6. The summed E-state index contributed by atoms with van der Waals surface area (Å²) in [5, 5.41) is 7.18. The van der Waals surface area contributed by atoms with Crippen molar-refractivity contribution >= 4 is 21.8 Å². The Morgan fingerprint density at radius 2 is 1.60 bits per heavy atom. The van der Waals surface area contributed by atoms with Crippen LogP contribution in [-0.4, -0.2) is 19.3 Å². The van der Waals surface area contributed by atoms with Crippen LogP contribution in [0.25, 0.3) is 44.4 Å². The van der Waals surface area contributed by atoms with E-state index in [0.29, 0.717) is 11.5 Å². The van der Waals surface area contributed by atoms with E-state index in [2.05, 4.69) is 112 Å². The third-order valence-corrected chi connectivity index (χ3v) is 9.32. The molecule has 7 rings (SSSR count). The molecule has 0 amide bonds. The van der Waals surface area contributed by atoms with E-state index in [4.69, 9.17) is 14.8 Å². The first-order valence-electron chi connectivity index (χ1n) is 16.1. The van der Waals surface area contributed by atoms with Crippen LogP contribution in [0.2, 0.25) is 0 Å². The first-order chi connectivity index (χ1) is 22.3.